The zero-order chi connectivity index (χ0) is 15.6. The summed E-state index contributed by atoms with van der Waals surface area (Å²) >= 11 is 0. The van der Waals surface area contributed by atoms with Crippen molar-refractivity contribution < 1.29 is 17.9 Å². The fourth-order valence-electron chi connectivity index (χ4n) is 2.50. The van der Waals surface area contributed by atoms with Crippen LogP contribution in [0.4, 0.5) is 5.69 Å². The van der Waals surface area contributed by atoms with Crippen molar-refractivity contribution in [2.75, 3.05) is 19.4 Å². The number of nitrogens with two attached hydrogens (primary N) is 2. The molecule has 0 radical (unpaired) electrons. The van der Waals surface area contributed by atoms with E-state index in [1.165, 1.54) is 19.2 Å². The maximum atomic E-state index is 12.8. The zero-order valence-corrected chi connectivity index (χ0v) is 12.6. The second-order valence-electron chi connectivity index (χ2n) is 4.94. The minimum atomic E-state index is -3.89. The van der Waals surface area contributed by atoms with Crippen LogP contribution < -0.4 is 16.2 Å². The molecule has 4 N–H and O–H groups in total. The monoisotopic (exact) mass is 313 g/mol. The molecule has 0 aromatic heterocycles. The molecule has 1 aliphatic rings. The molecule has 1 aromatic carbocycles. The minimum absolute atomic E-state index is 0.0434. The number of carbonyl (C=O) groups excluding carboxylic acids is 1. The third-order valence-corrected chi connectivity index (χ3v) is 5.49. The summed E-state index contributed by atoms with van der Waals surface area (Å²) < 4.78 is 31.9. The van der Waals surface area contributed by atoms with Gasteiger partial charge in [0.2, 0.25) is 15.9 Å². The van der Waals surface area contributed by atoms with E-state index < -0.39 is 22.0 Å². The molecule has 2 rings (SSSR count). The van der Waals surface area contributed by atoms with Gasteiger partial charge in [-0.3, -0.25) is 4.79 Å². The molecule has 116 valence electrons. The second-order valence-corrected chi connectivity index (χ2v) is 6.80. The van der Waals surface area contributed by atoms with Gasteiger partial charge in [-0.2, -0.15) is 4.31 Å². The Morgan fingerprint density at radius 2 is 2.10 bits per heavy atom. The molecule has 0 bridgehead atoms. The van der Waals surface area contributed by atoms with Gasteiger partial charge in [-0.15, -0.1) is 0 Å². The predicted octanol–water partition coefficient (Wildman–Crippen LogP) is 0.306. The van der Waals surface area contributed by atoms with Crippen molar-refractivity contribution in [1.82, 2.24) is 4.31 Å². The van der Waals surface area contributed by atoms with Crippen LogP contribution in [0.5, 0.6) is 5.75 Å². The smallest absolute Gasteiger partial charge is 0.247 e. The van der Waals surface area contributed by atoms with Crippen LogP contribution in [0.15, 0.2) is 23.1 Å². The maximum absolute atomic E-state index is 12.8. The van der Waals surface area contributed by atoms with Crippen molar-refractivity contribution in [1.29, 1.82) is 0 Å². The van der Waals surface area contributed by atoms with Gasteiger partial charge in [-0.25, -0.2) is 8.42 Å². The van der Waals surface area contributed by atoms with Gasteiger partial charge in [0.1, 0.15) is 16.7 Å². The Bertz CT molecular complexity index is 645. The molecule has 1 atom stereocenters. The number of rotatable bonds is 4. The molecule has 7 nitrogen and oxygen atoms in total. The van der Waals surface area contributed by atoms with Gasteiger partial charge in [0, 0.05) is 12.2 Å². The fraction of sp³-hybridized carbons (Fsp3) is 0.462. The lowest BCUT2D eigenvalue weighted by molar-refractivity contribution is -0.122. The van der Waals surface area contributed by atoms with E-state index in [-0.39, 0.29) is 17.2 Å². The van der Waals surface area contributed by atoms with Gasteiger partial charge in [-0.05, 0) is 31.0 Å². The highest BCUT2D eigenvalue weighted by Crippen LogP contribution is 2.32. The molecule has 1 amide bonds. The van der Waals surface area contributed by atoms with E-state index in [1.807, 2.05) is 0 Å². The Hall–Kier alpha value is -1.80. The number of amides is 1. The van der Waals surface area contributed by atoms with Gasteiger partial charge in [0.25, 0.3) is 0 Å². The number of nitrogen functional groups attached to an aromatic ring is 1. The number of methoxy groups -OCH3 is 1. The number of carbonyl (C=O) groups is 1. The lowest BCUT2D eigenvalue weighted by Gasteiger charge is -2.32. The number of benzene rings is 1. The molecular weight excluding hydrogens is 294 g/mol. The summed E-state index contributed by atoms with van der Waals surface area (Å²) in [6, 6.07) is 3.56. The van der Waals surface area contributed by atoms with Gasteiger partial charge in [0.15, 0.2) is 0 Å². The third-order valence-electron chi connectivity index (χ3n) is 3.56. The number of anilines is 1. The summed E-state index contributed by atoms with van der Waals surface area (Å²) in [5.41, 5.74) is 11.3. The van der Waals surface area contributed by atoms with Crippen LogP contribution in [0.2, 0.25) is 0 Å². The van der Waals surface area contributed by atoms with Crippen LogP contribution in [0, 0.1) is 0 Å². The maximum Gasteiger partial charge on any atom is 0.247 e. The van der Waals surface area contributed by atoms with E-state index in [2.05, 4.69) is 0 Å². The lowest BCUT2D eigenvalue weighted by Crippen LogP contribution is -2.50. The van der Waals surface area contributed by atoms with Crippen molar-refractivity contribution in [2.45, 2.75) is 30.2 Å². The van der Waals surface area contributed by atoms with E-state index >= 15 is 0 Å². The first kappa shape index (κ1) is 15.6. The Labute approximate surface area is 123 Å². The Balaban J connectivity index is 2.50. The molecule has 1 heterocycles. The third kappa shape index (κ3) is 2.96. The van der Waals surface area contributed by atoms with Crippen molar-refractivity contribution in [2.24, 2.45) is 5.73 Å². The molecular formula is C13H19N3O4S. The summed E-state index contributed by atoms with van der Waals surface area (Å²) in [6.45, 7) is 0.258. The zero-order valence-electron chi connectivity index (χ0n) is 11.8. The van der Waals surface area contributed by atoms with Gasteiger partial charge in [-0.1, -0.05) is 6.42 Å². The molecule has 0 spiro atoms. The first-order valence-corrected chi connectivity index (χ1v) is 8.06. The van der Waals surface area contributed by atoms with Crippen molar-refractivity contribution >= 4 is 21.6 Å². The van der Waals surface area contributed by atoms with Crippen LogP contribution >= 0.6 is 0 Å². The lowest BCUT2D eigenvalue weighted by atomic mass is 10.0. The molecule has 0 saturated carbocycles. The molecule has 1 aromatic rings. The van der Waals surface area contributed by atoms with Gasteiger partial charge in [0.05, 0.1) is 7.11 Å². The number of sulfonamides is 1. The van der Waals surface area contributed by atoms with E-state index in [0.29, 0.717) is 18.5 Å². The highest BCUT2D eigenvalue weighted by molar-refractivity contribution is 7.89. The summed E-state index contributed by atoms with van der Waals surface area (Å²) in [5, 5.41) is 0. The number of piperidine rings is 1. The Kier molecular flexibility index (Phi) is 4.38. The largest absolute Gasteiger partial charge is 0.495 e. The normalized spacial score (nSPS) is 20.1. The van der Waals surface area contributed by atoms with Crippen LogP contribution in [0.3, 0.4) is 0 Å². The highest BCUT2D eigenvalue weighted by Gasteiger charge is 2.38. The molecule has 1 aliphatic heterocycles. The first-order valence-electron chi connectivity index (χ1n) is 6.62. The average Bonchev–Trinajstić information content (AvgIpc) is 2.47. The van der Waals surface area contributed by atoms with E-state index in [9.17, 15) is 13.2 Å². The second kappa shape index (κ2) is 5.90. The predicted molar refractivity (Wildman–Crippen MR) is 78.1 cm³/mol. The molecule has 1 saturated heterocycles. The van der Waals surface area contributed by atoms with Crippen molar-refractivity contribution in [3.05, 3.63) is 18.2 Å². The van der Waals surface area contributed by atoms with Crippen LogP contribution in [-0.4, -0.2) is 38.3 Å². The van der Waals surface area contributed by atoms with E-state index in [4.69, 9.17) is 16.2 Å². The molecule has 0 aliphatic carbocycles. The van der Waals surface area contributed by atoms with E-state index in [1.54, 1.807) is 6.07 Å². The molecule has 1 fully saturated rings. The number of ether oxygens (including phenoxy) is 1. The number of primary amides is 1. The van der Waals surface area contributed by atoms with Crippen molar-refractivity contribution in [3.8, 4) is 5.75 Å². The van der Waals surface area contributed by atoms with Crippen LogP contribution in [0.25, 0.3) is 0 Å². The van der Waals surface area contributed by atoms with Gasteiger partial charge >= 0.3 is 0 Å². The average molecular weight is 313 g/mol. The minimum Gasteiger partial charge on any atom is -0.495 e. The molecule has 8 heteroatoms. The van der Waals surface area contributed by atoms with E-state index in [0.717, 1.165) is 10.7 Å². The number of hydrogen-bond donors (Lipinski definition) is 2. The first-order chi connectivity index (χ1) is 9.87. The fourth-order valence-corrected chi connectivity index (χ4v) is 4.36. The summed E-state index contributed by atoms with van der Waals surface area (Å²) in [6.07, 6.45) is 1.89. The summed E-state index contributed by atoms with van der Waals surface area (Å²) in [7, 11) is -2.51. The van der Waals surface area contributed by atoms with Crippen molar-refractivity contribution in [3.63, 3.8) is 0 Å². The van der Waals surface area contributed by atoms with Crippen LogP contribution in [-0.2, 0) is 14.8 Å². The van der Waals surface area contributed by atoms with Crippen LogP contribution in [0.1, 0.15) is 19.3 Å². The number of nitrogens with zero attached hydrogens (tertiary/aromatic N) is 1. The summed E-state index contributed by atoms with van der Waals surface area (Å²) in [4.78, 5) is 11.5. The SMILES string of the molecule is COc1ccc(N)cc1S(=O)(=O)N1CCCCC1C(N)=O. The summed E-state index contributed by atoms with van der Waals surface area (Å²) in [5.74, 6) is -0.445. The number of hydrogen-bond acceptors (Lipinski definition) is 5. The Morgan fingerprint density at radius 3 is 2.71 bits per heavy atom. The quantitative estimate of drug-likeness (QED) is 0.776. The topological polar surface area (TPSA) is 116 Å². The highest BCUT2D eigenvalue weighted by atomic mass is 32.2. The molecule has 21 heavy (non-hydrogen) atoms. The standard InChI is InChI=1S/C13H19N3O4S/c1-20-11-6-5-9(14)8-12(11)21(18,19)16-7-3-2-4-10(16)13(15)17/h5-6,8,10H,2-4,7,14H2,1H3,(H2,15,17). The Morgan fingerprint density at radius 1 is 1.38 bits per heavy atom. The van der Waals surface area contributed by atoms with Gasteiger partial charge < -0.3 is 16.2 Å². The molecule has 1 unspecified atom stereocenters.